The molecular weight excluding hydrogens is 378 g/mol. The van der Waals surface area contributed by atoms with Crippen LogP contribution in [0.25, 0.3) is 10.6 Å². The zero-order valence-electron chi connectivity index (χ0n) is 15.4. The Morgan fingerprint density at radius 3 is 2.70 bits per heavy atom. The second-order valence-corrected chi connectivity index (χ2v) is 8.53. The molecule has 1 atom stereocenters. The van der Waals surface area contributed by atoms with Crippen LogP contribution >= 0.6 is 22.7 Å². The quantitative estimate of drug-likeness (QED) is 0.660. The zero-order chi connectivity index (χ0) is 19.4. The zero-order valence-corrected chi connectivity index (χ0v) is 17.0. The van der Waals surface area contributed by atoms with E-state index in [-0.39, 0.29) is 11.8 Å². The van der Waals surface area contributed by atoms with Gasteiger partial charge < -0.3 is 10.6 Å². The van der Waals surface area contributed by atoms with Gasteiger partial charge in [0.05, 0.1) is 22.1 Å². The second kappa shape index (κ2) is 8.45. The highest BCUT2D eigenvalue weighted by molar-refractivity contribution is 7.16. The Hall–Kier alpha value is -2.51. The number of nitrogens with zero attached hydrogens (tertiary/aromatic N) is 1. The lowest BCUT2D eigenvalue weighted by atomic mass is 10.1. The second-order valence-electron chi connectivity index (χ2n) is 6.30. The molecule has 27 heavy (non-hydrogen) atoms. The van der Waals surface area contributed by atoms with Crippen LogP contribution in [-0.2, 0) is 11.3 Å². The Balaban J connectivity index is 1.53. The normalized spacial score (nSPS) is 11.8. The van der Waals surface area contributed by atoms with Gasteiger partial charge in [0.25, 0.3) is 5.91 Å². The van der Waals surface area contributed by atoms with E-state index in [0.29, 0.717) is 12.1 Å². The lowest BCUT2D eigenvalue weighted by Gasteiger charge is -2.14. The number of carbonyl (C=O) groups is 2. The van der Waals surface area contributed by atoms with Gasteiger partial charge in [0.1, 0.15) is 6.04 Å². The Kier molecular flexibility index (Phi) is 6.03. The van der Waals surface area contributed by atoms with E-state index in [1.807, 2.05) is 43.5 Å². The van der Waals surface area contributed by atoms with Crippen LogP contribution in [0.1, 0.15) is 32.7 Å². The number of thiophene rings is 1. The molecule has 2 aromatic heterocycles. The van der Waals surface area contributed by atoms with Crippen molar-refractivity contribution in [2.75, 3.05) is 0 Å². The minimum Gasteiger partial charge on any atom is -0.349 e. The van der Waals surface area contributed by atoms with E-state index in [1.165, 1.54) is 0 Å². The van der Waals surface area contributed by atoms with Gasteiger partial charge in [-0.1, -0.05) is 17.7 Å². The maximum Gasteiger partial charge on any atom is 0.251 e. The molecule has 0 aliphatic heterocycles. The van der Waals surface area contributed by atoms with Gasteiger partial charge in [-0.3, -0.25) is 9.59 Å². The first-order valence-corrected chi connectivity index (χ1v) is 10.3. The van der Waals surface area contributed by atoms with Crippen LogP contribution < -0.4 is 10.6 Å². The Bertz CT molecular complexity index is 962. The molecular formula is C20H21N3O2S2. The summed E-state index contributed by atoms with van der Waals surface area (Å²) in [7, 11) is 0. The van der Waals surface area contributed by atoms with Gasteiger partial charge in [-0.2, -0.15) is 0 Å². The Morgan fingerprint density at radius 2 is 2.00 bits per heavy atom. The largest absolute Gasteiger partial charge is 0.349 e. The average molecular weight is 400 g/mol. The minimum absolute atomic E-state index is 0.213. The molecule has 1 aromatic carbocycles. The van der Waals surface area contributed by atoms with Crippen LogP contribution in [0.3, 0.4) is 0 Å². The van der Waals surface area contributed by atoms with Crippen molar-refractivity contribution in [3.05, 3.63) is 62.8 Å². The van der Waals surface area contributed by atoms with E-state index in [2.05, 4.69) is 15.6 Å². The number of amides is 2. The van der Waals surface area contributed by atoms with Crippen molar-refractivity contribution < 1.29 is 9.59 Å². The standard InChI is InChI=1S/C20H21N3O2S2/c1-12-5-4-6-15(9-12)20(25)22-13(2)19(24)21-10-16-7-8-18(27-16)17-11-26-14(3)23-17/h4-9,11,13H,10H2,1-3H3,(H,21,24)(H,22,25)/t13-/m0/s1. The van der Waals surface area contributed by atoms with E-state index in [1.54, 1.807) is 41.7 Å². The lowest BCUT2D eigenvalue weighted by molar-refractivity contribution is -0.122. The molecule has 0 unspecified atom stereocenters. The average Bonchev–Trinajstić information content (AvgIpc) is 3.28. The highest BCUT2D eigenvalue weighted by Gasteiger charge is 2.17. The number of aromatic nitrogens is 1. The van der Waals surface area contributed by atoms with Crippen LogP contribution in [0.5, 0.6) is 0 Å². The van der Waals surface area contributed by atoms with E-state index >= 15 is 0 Å². The van der Waals surface area contributed by atoms with Crippen molar-refractivity contribution in [1.82, 2.24) is 15.6 Å². The monoisotopic (exact) mass is 399 g/mol. The highest BCUT2D eigenvalue weighted by Crippen LogP contribution is 2.28. The van der Waals surface area contributed by atoms with Crippen LogP contribution in [-0.4, -0.2) is 22.8 Å². The summed E-state index contributed by atoms with van der Waals surface area (Å²) in [6, 6.07) is 10.7. The molecule has 0 fully saturated rings. The van der Waals surface area contributed by atoms with Gasteiger partial charge in [-0.05, 0) is 45.0 Å². The molecule has 2 heterocycles. The molecule has 7 heteroatoms. The molecule has 3 aromatic rings. The molecule has 0 saturated carbocycles. The number of nitrogens with one attached hydrogen (secondary N) is 2. The predicted molar refractivity (Wildman–Crippen MR) is 110 cm³/mol. The van der Waals surface area contributed by atoms with E-state index < -0.39 is 6.04 Å². The minimum atomic E-state index is -0.612. The number of carbonyl (C=O) groups excluding carboxylic acids is 2. The first kappa shape index (κ1) is 19.3. The van der Waals surface area contributed by atoms with Gasteiger partial charge in [0.2, 0.25) is 5.91 Å². The number of rotatable bonds is 6. The number of hydrogen-bond acceptors (Lipinski definition) is 5. The van der Waals surface area contributed by atoms with Gasteiger partial charge in [-0.25, -0.2) is 4.98 Å². The number of benzene rings is 1. The molecule has 0 spiro atoms. The van der Waals surface area contributed by atoms with E-state index in [0.717, 1.165) is 26.0 Å². The van der Waals surface area contributed by atoms with Crippen molar-refractivity contribution in [1.29, 1.82) is 0 Å². The van der Waals surface area contributed by atoms with Gasteiger partial charge >= 0.3 is 0 Å². The molecule has 0 aliphatic carbocycles. The number of thiazole rings is 1. The fourth-order valence-electron chi connectivity index (χ4n) is 2.55. The third-order valence-electron chi connectivity index (χ3n) is 3.99. The summed E-state index contributed by atoms with van der Waals surface area (Å²) in [4.78, 5) is 31.2. The predicted octanol–water partition coefficient (Wildman–Crippen LogP) is 3.92. The van der Waals surface area contributed by atoms with Crippen molar-refractivity contribution in [3.8, 4) is 10.6 Å². The van der Waals surface area contributed by atoms with Gasteiger partial charge in [-0.15, -0.1) is 22.7 Å². The summed E-state index contributed by atoms with van der Waals surface area (Å²) in [5, 5.41) is 8.68. The topological polar surface area (TPSA) is 71.1 Å². The summed E-state index contributed by atoms with van der Waals surface area (Å²) < 4.78 is 0. The van der Waals surface area contributed by atoms with E-state index in [9.17, 15) is 9.59 Å². The molecule has 0 aliphatic rings. The van der Waals surface area contributed by atoms with Crippen molar-refractivity contribution in [2.24, 2.45) is 0 Å². The van der Waals surface area contributed by atoms with E-state index in [4.69, 9.17) is 0 Å². The molecule has 5 nitrogen and oxygen atoms in total. The molecule has 3 rings (SSSR count). The number of hydrogen-bond donors (Lipinski definition) is 2. The fourth-order valence-corrected chi connectivity index (χ4v) is 4.14. The molecule has 0 saturated heterocycles. The first-order valence-electron chi connectivity index (χ1n) is 8.59. The van der Waals surface area contributed by atoms with Crippen LogP contribution in [0.2, 0.25) is 0 Å². The molecule has 140 valence electrons. The first-order chi connectivity index (χ1) is 12.9. The molecule has 0 radical (unpaired) electrons. The molecule has 2 N–H and O–H groups in total. The van der Waals surface area contributed by atoms with Gasteiger partial charge in [0.15, 0.2) is 0 Å². The number of aryl methyl sites for hydroxylation is 2. The maximum atomic E-state index is 12.3. The van der Waals surface area contributed by atoms with Gasteiger partial charge in [0, 0.05) is 15.8 Å². The van der Waals surface area contributed by atoms with Crippen LogP contribution in [0.4, 0.5) is 0 Å². The van der Waals surface area contributed by atoms with Crippen molar-refractivity contribution in [2.45, 2.75) is 33.4 Å². The summed E-state index contributed by atoms with van der Waals surface area (Å²) in [6.07, 6.45) is 0. The summed E-state index contributed by atoms with van der Waals surface area (Å²) in [6.45, 7) is 6.02. The van der Waals surface area contributed by atoms with Crippen molar-refractivity contribution >= 4 is 34.5 Å². The Morgan fingerprint density at radius 1 is 1.19 bits per heavy atom. The third kappa shape index (κ3) is 5.02. The fraction of sp³-hybridized carbons (Fsp3) is 0.250. The smallest absolute Gasteiger partial charge is 0.251 e. The highest BCUT2D eigenvalue weighted by atomic mass is 32.1. The lowest BCUT2D eigenvalue weighted by Crippen LogP contribution is -2.44. The van der Waals surface area contributed by atoms with Crippen molar-refractivity contribution in [3.63, 3.8) is 0 Å². The summed E-state index contributed by atoms with van der Waals surface area (Å²) >= 11 is 3.23. The van der Waals surface area contributed by atoms with Crippen LogP contribution in [0, 0.1) is 13.8 Å². The Labute approximate surface area is 166 Å². The SMILES string of the molecule is Cc1cccc(C(=O)N[C@@H](C)C(=O)NCc2ccc(-c3csc(C)n3)s2)c1. The van der Waals surface area contributed by atoms with Crippen LogP contribution in [0.15, 0.2) is 41.8 Å². The summed E-state index contributed by atoms with van der Waals surface area (Å²) in [5.41, 5.74) is 2.53. The molecule has 2 amide bonds. The summed E-state index contributed by atoms with van der Waals surface area (Å²) in [5.74, 6) is -0.464. The maximum absolute atomic E-state index is 12.3. The molecule has 0 bridgehead atoms. The third-order valence-corrected chi connectivity index (χ3v) is 5.87.